The molecule has 1 aromatic rings. The van der Waals surface area contributed by atoms with Gasteiger partial charge >= 0.3 is 6.09 Å². The SMILES string of the molecule is C[C@H](C(=O)NCCOC(N)=O)c1ccc(Cl)s1. The Balaban J connectivity index is 2.35. The summed E-state index contributed by atoms with van der Waals surface area (Å²) in [7, 11) is 0. The van der Waals surface area contributed by atoms with E-state index in [-0.39, 0.29) is 25.0 Å². The summed E-state index contributed by atoms with van der Waals surface area (Å²) in [5.41, 5.74) is 4.78. The number of carbonyl (C=O) groups is 2. The highest BCUT2D eigenvalue weighted by atomic mass is 35.5. The number of carbonyl (C=O) groups excluding carboxylic acids is 2. The van der Waals surface area contributed by atoms with Crippen LogP contribution in [0.25, 0.3) is 0 Å². The van der Waals surface area contributed by atoms with Crippen LogP contribution in [0.1, 0.15) is 17.7 Å². The zero-order valence-electron chi connectivity index (χ0n) is 9.23. The number of ether oxygens (including phenoxy) is 1. The smallest absolute Gasteiger partial charge is 0.404 e. The van der Waals surface area contributed by atoms with Gasteiger partial charge in [0, 0.05) is 4.88 Å². The van der Waals surface area contributed by atoms with Crippen molar-refractivity contribution in [2.24, 2.45) is 5.73 Å². The molecule has 2 amide bonds. The second-order valence-electron chi connectivity index (χ2n) is 3.32. The number of primary amides is 1. The van der Waals surface area contributed by atoms with E-state index in [0.29, 0.717) is 4.34 Å². The fourth-order valence-electron chi connectivity index (χ4n) is 1.17. The zero-order chi connectivity index (χ0) is 12.8. The summed E-state index contributed by atoms with van der Waals surface area (Å²) in [5.74, 6) is -0.419. The Morgan fingerprint density at radius 3 is 2.82 bits per heavy atom. The van der Waals surface area contributed by atoms with E-state index in [9.17, 15) is 9.59 Å². The molecule has 0 fully saturated rings. The second kappa shape index (κ2) is 6.46. The Hall–Kier alpha value is -1.27. The Bertz CT molecular complexity index is 408. The summed E-state index contributed by atoms with van der Waals surface area (Å²) >= 11 is 7.15. The average Bonchev–Trinajstić information content (AvgIpc) is 2.69. The van der Waals surface area contributed by atoms with Crippen molar-refractivity contribution >= 4 is 34.9 Å². The van der Waals surface area contributed by atoms with Crippen LogP contribution in [0.3, 0.4) is 0 Å². The number of halogens is 1. The van der Waals surface area contributed by atoms with Crippen molar-refractivity contribution in [3.8, 4) is 0 Å². The molecule has 1 rings (SSSR count). The van der Waals surface area contributed by atoms with E-state index in [0.717, 1.165) is 4.88 Å². The summed E-state index contributed by atoms with van der Waals surface area (Å²) in [5, 5.41) is 2.64. The molecule has 0 saturated carbocycles. The maximum absolute atomic E-state index is 11.7. The fourth-order valence-corrected chi connectivity index (χ4v) is 2.28. The first kappa shape index (κ1) is 13.8. The predicted octanol–water partition coefficient (Wildman–Crippen LogP) is 1.72. The Morgan fingerprint density at radius 2 is 2.29 bits per heavy atom. The summed E-state index contributed by atoms with van der Waals surface area (Å²) in [6.07, 6.45) is -0.850. The van der Waals surface area contributed by atoms with Crippen molar-refractivity contribution < 1.29 is 14.3 Å². The van der Waals surface area contributed by atoms with Crippen molar-refractivity contribution in [3.05, 3.63) is 21.3 Å². The maximum Gasteiger partial charge on any atom is 0.404 e. The molecule has 0 saturated heterocycles. The van der Waals surface area contributed by atoms with Crippen LogP contribution in [0.15, 0.2) is 12.1 Å². The molecular weight excluding hydrogens is 264 g/mol. The molecule has 17 heavy (non-hydrogen) atoms. The molecule has 0 bridgehead atoms. The van der Waals surface area contributed by atoms with Gasteiger partial charge in [0.1, 0.15) is 6.61 Å². The average molecular weight is 277 g/mol. The molecule has 0 aromatic carbocycles. The van der Waals surface area contributed by atoms with Crippen LogP contribution < -0.4 is 11.1 Å². The van der Waals surface area contributed by atoms with Crippen molar-refractivity contribution in [1.29, 1.82) is 0 Å². The highest BCUT2D eigenvalue weighted by molar-refractivity contribution is 7.16. The molecule has 94 valence electrons. The minimum absolute atomic E-state index is 0.0684. The van der Waals surface area contributed by atoms with Crippen LogP contribution >= 0.6 is 22.9 Å². The first-order valence-electron chi connectivity index (χ1n) is 4.96. The van der Waals surface area contributed by atoms with E-state index in [1.165, 1.54) is 11.3 Å². The third-order valence-corrected chi connectivity index (χ3v) is 3.47. The van der Waals surface area contributed by atoms with Gasteiger partial charge in [0.15, 0.2) is 0 Å². The summed E-state index contributed by atoms with van der Waals surface area (Å²) < 4.78 is 5.14. The molecule has 0 unspecified atom stereocenters. The van der Waals surface area contributed by atoms with Crippen molar-refractivity contribution in [2.75, 3.05) is 13.2 Å². The predicted molar refractivity (Wildman–Crippen MR) is 66.3 cm³/mol. The van der Waals surface area contributed by atoms with Gasteiger partial charge in [-0.1, -0.05) is 11.6 Å². The summed E-state index contributed by atoms with van der Waals surface area (Å²) in [6, 6.07) is 3.57. The fraction of sp³-hybridized carbons (Fsp3) is 0.400. The van der Waals surface area contributed by atoms with Crippen LogP contribution in [-0.4, -0.2) is 25.2 Å². The highest BCUT2D eigenvalue weighted by Crippen LogP contribution is 2.27. The van der Waals surface area contributed by atoms with E-state index in [1.807, 2.05) is 6.07 Å². The van der Waals surface area contributed by atoms with E-state index in [1.54, 1.807) is 13.0 Å². The van der Waals surface area contributed by atoms with Gasteiger partial charge in [-0.25, -0.2) is 4.79 Å². The van der Waals surface area contributed by atoms with Gasteiger partial charge in [-0.3, -0.25) is 4.79 Å². The van der Waals surface area contributed by atoms with Gasteiger partial charge in [0.25, 0.3) is 0 Å². The second-order valence-corrected chi connectivity index (χ2v) is 5.07. The van der Waals surface area contributed by atoms with Gasteiger partial charge in [0.2, 0.25) is 5.91 Å². The maximum atomic E-state index is 11.7. The summed E-state index contributed by atoms with van der Waals surface area (Å²) in [6.45, 7) is 2.09. The number of hydrogen-bond acceptors (Lipinski definition) is 4. The first-order valence-corrected chi connectivity index (χ1v) is 6.15. The lowest BCUT2D eigenvalue weighted by Crippen LogP contribution is -2.31. The van der Waals surface area contributed by atoms with Gasteiger partial charge in [-0.05, 0) is 19.1 Å². The molecule has 5 nitrogen and oxygen atoms in total. The number of amides is 2. The number of rotatable bonds is 5. The third-order valence-electron chi connectivity index (χ3n) is 2.06. The zero-order valence-corrected chi connectivity index (χ0v) is 10.8. The first-order chi connectivity index (χ1) is 8.00. The third kappa shape index (κ3) is 4.62. The van der Waals surface area contributed by atoms with E-state index >= 15 is 0 Å². The molecule has 0 radical (unpaired) electrons. The normalized spacial score (nSPS) is 11.9. The van der Waals surface area contributed by atoms with Crippen LogP contribution in [0.2, 0.25) is 4.34 Å². The Labute approximate surface area is 108 Å². The highest BCUT2D eigenvalue weighted by Gasteiger charge is 2.16. The lowest BCUT2D eigenvalue weighted by Gasteiger charge is -2.10. The van der Waals surface area contributed by atoms with Gasteiger partial charge in [-0.15, -0.1) is 11.3 Å². The van der Waals surface area contributed by atoms with Crippen LogP contribution in [0, 0.1) is 0 Å². The van der Waals surface area contributed by atoms with Gasteiger partial charge in [-0.2, -0.15) is 0 Å². The molecule has 7 heteroatoms. The van der Waals surface area contributed by atoms with E-state index < -0.39 is 6.09 Å². The van der Waals surface area contributed by atoms with Crippen molar-refractivity contribution in [3.63, 3.8) is 0 Å². The summed E-state index contributed by atoms with van der Waals surface area (Å²) in [4.78, 5) is 22.8. The van der Waals surface area contributed by atoms with Crippen molar-refractivity contribution in [2.45, 2.75) is 12.8 Å². The largest absolute Gasteiger partial charge is 0.448 e. The molecule has 1 aromatic heterocycles. The van der Waals surface area contributed by atoms with Gasteiger partial charge < -0.3 is 15.8 Å². The molecule has 0 aliphatic carbocycles. The number of hydrogen-bond donors (Lipinski definition) is 2. The lowest BCUT2D eigenvalue weighted by atomic mass is 10.1. The topological polar surface area (TPSA) is 81.4 Å². The van der Waals surface area contributed by atoms with E-state index in [2.05, 4.69) is 10.1 Å². The van der Waals surface area contributed by atoms with Crippen LogP contribution in [0.4, 0.5) is 4.79 Å². The number of thiophene rings is 1. The van der Waals surface area contributed by atoms with Gasteiger partial charge in [0.05, 0.1) is 16.8 Å². The molecule has 1 heterocycles. The molecular formula is C10H13ClN2O3S. The van der Waals surface area contributed by atoms with Crippen LogP contribution in [0.5, 0.6) is 0 Å². The van der Waals surface area contributed by atoms with E-state index in [4.69, 9.17) is 17.3 Å². The van der Waals surface area contributed by atoms with Crippen molar-refractivity contribution in [1.82, 2.24) is 5.32 Å². The monoisotopic (exact) mass is 276 g/mol. The molecule has 1 atom stereocenters. The molecule has 0 aliphatic rings. The number of nitrogens with two attached hydrogens (primary N) is 1. The minimum atomic E-state index is -0.850. The molecule has 0 aliphatic heterocycles. The lowest BCUT2D eigenvalue weighted by molar-refractivity contribution is -0.122. The standard InChI is InChI=1S/C10H13ClN2O3S/c1-6(7-2-3-8(11)17-7)9(14)13-4-5-16-10(12)15/h2-3,6H,4-5H2,1H3,(H2,12,15)(H,13,14)/t6-/m0/s1. The quantitative estimate of drug-likeness (QED) is 0.804. The van der Waals surface area contributed by atoms with Crippen LogP contribution in [-0.2, 0) is 9.53 Å². The molecule has 3 N–H and O–H groups in total. The minimum Gasteiger partial charge on any atom is -0.448 e. The Morgan fingerprint density at radius 1 is 1.59 bits per heavy atom. The Kier molecular flexibility index (Phi) is 5.24. The molecule has 0 spiro atoms. The number of nitrogens with one attached hydrogen (secondary N) is 1.